The van der Waals surface area contributed by atoms with E-state index in [-0.39, 0.29) is 0 Å². The molecule has 2 heterocycles. The van der Waals surface area contributed by atoms with Crippen molar-refractivity contribution in [3.05, 3.63) is 51.1 Å². The number of nitrogens with two attached hydrogens (primary N) is 1. The van der Waals surface area contributed by atoms with Crippen molar-refractivity contribution in [2.45, 2.75) is 33.2 Å². The monoisotopic (exact) mass is 488 g/mol. The van der Waals surface area contributed by atoms with Gasteiger partial charge in [0.1, 0.15) is 0 Å². The van der Waals surface area contributed by atoms with Crippen LogP contribution in [0.1, 0.15) is 35.0 Å². The molecule has 1 aliphatic rings. The fourth-order valence-electron chi connectivity index (χ4n) is 4.42. The lowest BCUT2D eigenvalue weighted by molar-refractivity contribution is 0.0507. The second kappa shape index (κ2) is 9.20. The number of methoxy groups -OCH3 is 2. The number of nitrogens with zero attached hydrogens (tertiary/aromatic N) is 1. The van der Waals surface area contributed by atoms with Crippen LogP contribution in [0.2, 0.25) is 10.0 Å². The molecule has 8 heteroatoms. The summed E-state index contributed by atoms with van der Waals surface area (Å²) in [7, 11) is 3.21. The molecule has 1 aromatic heterocycles. The first-order chi connectivity index (χ1) is 15.8. The molecule has 174 valence electrons. The number of hydrogen-bond donors (Lipinski definition) is 1. The van der Waals surface area contributed by atoms with Crippen molar-refractivity contribution in [3.8, 4) is 33.9 Å². The number of carbonyl (C=O) groups excluding carboxylic acids is 1. The molecule has 0 bridgehead atoms. The lowest BCUT2D eigenvalue weighted by Gasteiger charge is -2.23. The van der Waals surface area contributed by atoms with Crippen molar-refractivity contribution in [2.24, 2.45) is 0 Å². The molecule has 4 rings (SSSR count). The van der Waals surface area contributed by atoms with Gasteiger partial charge in [0.2, 0.25) is 0 Å². The number of carbonyl (C=O) groups is 1. The Morgan fingerprint density at radius 1 is 1.09 bits per heavy atom. The number of hydrogen-bond acceptors (Lipinski definition) is 5. The Balaban J connectivity index is 2.04. The van der Waals surface area contributed by atoms with Crippen molar-refractivity contribution >= 4 is 34.9 Å². The first kappa shape index (κ1) is 23.3. The third-order valence-electron chi connectivity index (χ3n) is 6.00. The van der Waals surface area contributed by atoms with E-state index in [9.17, 15) is 4.79 Å². The standard InChI is InChI=1S/C25H26Cl2N2O4/c1-5-8-33-25(30)22-21(15-9-17(26)23(28)18(27)10-15)13(2)29-7-6-14-11-19(31-3)20(32-4)12-16(14)24(22)29/h9-12H,5-8,28H2,1-4H3. The van der Waals surface area contributed by atoms with Gasteiger partial charge in [-0.2, -0.15) is 0 Å². The lowest BCUT2D eigenvalue weighted by atomic mass is 9.93. The van der Waals surface area contributed by atoms with Crippen LogP contribution in [0.5, 0.6) is 11.5 Å². The summed E-state index contributed by atoms with van der Waals surface area (Å²) in [6.07, 6.45) is 1.50. The topological polar surface area (TPSA) is 75.7 Å². The maximum atomic E-state index is 13.4. The van der Waals surface area contributed by atoms with Gasteiger partial charge < -0.3 is 24.5 Å². The molecule has 33 heavy (non-hydrogen) atoms. The van der Waals surface area contributed by atoms with E-state index in [0.29, 0.717) is 51.5 Å². The largest absolute Gasteiger partial charge is 0.493 e. The molecule has 2 aromatic carbocycles. The molecule has 3 aromatic rings. The molecule has 0 aliphatic carbocycles. The lowest BCUT2D eigenvalue weighted by Crippen LogP contribution is -2.15. The van der Waals surface area contributed by atoms with Gasteiger partial charge in [-0.25, -0.2) is 4.79 Å². The number of anilines is 1. The fraction of sp³-hybridized carbons (Fsp3) is 0.320. The van der Waals surface area contributed by atoms with E-state index >= 15 is 0 Å². The predicted molar refractivity (Wildman–Crippen MR) is 132 cm³/mol. The zero-order valence-electron chi connectivity index (χ0n) is 19.1. The summed E-state index contributed by atoms with van der Waals surface area (Å²) in [6.45, 7) is 4.97. The number of halogens is 2. The molecule has 0 saturated carbocycles. The maximum Gasteiger partial charge on any atom is 0.340 e. The molecule has 0 spiro atoms. The maximum absolute atomic E-state index is 13.4. The minimum absolute atomic E-state index is 0.306. The van der Waals surface area contributed by atoms with Gasteiger partial charge in [-0.1, -0.05) is 30.1 Å². The first-order valence-electron chi connectivity index (χ1n) is 10.7. The summed E-state index contributed by atoms with van der Waals surface area (Å²) in [6, 6.07) is 7.37. The number of fused-ring (bicyclic) bond motifs is 3. The summed E-state index contributed by atoms with van der Waals surface area (Å²) in [5.41, 5.74) is 11.9. The van der Waals surface area contributed by atoms with E-state index in [4.69, 9.17) is 43.1 Å². The van der Waals surface area contributed by atoms with Crippen molar-refractivity contribution in [1.29, 1.82) is 0 Å². The molecule has 0 saturated heterocycles. The van der Waals surface area contributed by atoms with Crippen LogP contribution in [-0.2, 0) is 17.7 Å². The number of aryl methyl sites for hydroxylation is 1. The van der Waals surface area contributed by atoms with Gasteiger partial charge in [0.25, 0.3) is 0 Å². The summed E-state index contributed by atoms with van der Waals surface area (Å²) in [4.78, 5) is 13.4. The first-order valence-corrected chi connectivity index (χ1v) is 11.5. The van der Waals surface area contributed by atoms with Crippen LogP contribution in [0.25, 0.3) is 22.4 Å². The minimum atomic E-state index is -0.393. The van der Waals surface area contributed by atoms with Gasteiger partial charge in [-0.05, 0) is 55.2 Å². The van der Waals surface area contributed by atoms with Gasteiger partial charge in [0.15, 0.2) is 11.5 Å². The van der Waals surface area contributed by atoms with Gasteiger partial charge in [-0.15, -0.1) is 0 Å². The molecule has 1 aliphatic heterocycles. The molecule has 0 atom stereocenters. The summed E-state index contributed by atoms with van der Waals surface area (Å²) < 4.78 is 18.8. The highest BCUT2D eigenvalue weighted by Crippen LogP contribution is 2.46. The molecule has 0 fully saturated rings. The number of rotatable bonds is 6. The second-order valence-electron chi connectivity index (χ2n) is 7.94. The van der Waals surface area contributed by atoms with Crippen LogP contribution in [0.3, 0.4) is 0 Å². The Morgan fingerprint density at radius 3 is 2.33 bits per heavy atom. The average molecular weight is 489 g/mol. The Morgan fingerprint density at radius 2 is 1.73 bits per heavy atom. The third-order valence-corrected chi connectivity index (χ3v) is 6.63. The SMILES string of the molecule is CCCOC(=O)c1c(-c2cc(Cl)c(N)c(Cl)c2)c(C)n2c1-c1cc(OC)c(OC)cc1CC2. The van der Waals surface area contributed by atoms with E-state index in [1.165, 1.54) is 0 Å². The summed E-state index contributed by atoms with van der Waals surface area (Å²) in [5.74, 6) is 0.854. The molecule has 6 nitrogen and oxygen atoms in total. The van der Waals surface area contributed by atoms with Gasteiger partial charge in [0, 0.05) is 23.4 Å². The van der Waals surface area contributed by atoms with Crippen molar-refractivity contribution in [3.63, 3.8) is 0 Å². The molecular formula is C25H26Cl2N2O4. The van der Waals surface area contributed by atoms with Gasteiger partial charge in [0.05, 0.1) is 47.8 Å². The van der Waals surface area contributed by atoms with Crippen molar-refractivity contribution in [2.75, 3.05) is 26.6 Å². The molecule has 0 radical (unpaired) electrons. The van der Waals surface area contributed by atoms with Gasteiger partial charge >= 0.3 is 5.97 Å². The molecule has 2 N–H and O–H groups in total. The highest BCUT2D eigenvalue weighted by atomic mass is 35.5. The van der Waals surface area contributed by atoms with Crippen molar-refractivity contribution < 1.29 is 19.0 Å². The van der Waals surface area contributed by atoms with E-state index in [0.717, 1.165) is 40.9 Å². The Labute approximate surface area is 203 Å². The van der Waals surface area contributed by atoms with E-state index in [1.807, 2.05) is 26.0 Å². The average Bonchev–Trinajstić information content (AvgIpc) is 3.12. The number of esters is 1. The minimum Gasteiger partial charge on any atom is -0.493 e. The Hall–Kier alpha value is -2.83. The van der Waals surface area contributed by atoms with Crippen molar-refractivity contribution in [1.82, 2.24) is 4.57 Å². The van der Waals surface area contributed by atoms with E-state index in [1.54, 1.807) is 26.4 Å². The Kier molecular flexibility index (Phi) is 6.50. The van der Waals surface area contributed by atoms with E-state index < -0.39 is 5.97 Å². The number of nitrogen functional groups attached to an aromatic ring is 1. The number of ether oxygens (including phenoxy) is 3. The van der Waals surface area contributed by atoms with Crippen LogP contribution in [0.15, 0.2) is 24.3 Å². The van der Waals surface area contributed by atoms with Crippen LogP contribution in [-0.4, -0.2) is 31.4 Å². The van der Waals surface area contributed by atoms with E-state index in [2.05, 4.69) is 4.57 Å². The molecular weight excluding hydrogens is 463 g/mol. The number of benzene rings is 2. The predicted octanol–water partition coefficient (Wildman–Crippen LogP) is 6.16. The smallest absolute Gasteiger partial charge is 0.340 e. The summed E-state index contributed by atoms with van der Waals surface area (Å²) >= 11 is 12.7. The third kappa shape index (κ3) is 3.91. The normalized spacial score (nSPS) is 12.2. The zero-order valence-corrected chi connectivity index (χ0v) is 20.6. The fourth-order valence-corrected chi connectivity index (χ4v) is 4.91. The molecule has 0 unspecified atom stereocenters. The number of aromatic nitrogens is 1. The van der Waals surface area contributed by atoms with Crippen LogP contribution in [0, 0.1) is 6.92 Å². The zero-order chi connectivity index (χ0) is 23.9. The highest BCUT2D eigenvalue weighted by Gasteiger charge is 2.32. The van der Waals surface area contributed by atoms with Crippen LogP contribution in [0.4, 0.5) is 5.69 Å². The molecule has 0 amide bonds. The van der Waals surface area contributed by atoms with Gasteiger partial charge in [-0.3, -0.25) is 0 Å². The second-order valence-corrected chi connectivity index (χ2v) is 8.75. The highest BCUT2D eigenvalue weighted by molar-refractivity contribution is 6.39. The Bertz CT molecular complexity index is 1230. The summed E-state index contributed by atoms with van der Waals surface area (Å²) in [5, 5.41) is 0.668. The quantitative estimate of drug-likeness (QED) is 0.332. The van der Waals surface area contributed by atoms with Crippen LogP contribution < -0.4 is 15.2 Å². The van der Waals surface area contributed by atoms with Crippen LogP contribution >= 0.6 is 23.2 Å².